The van der Waals surface area contributed by atoms with E-state index < -0.39 is 18.2 Å². The molecule has 0 radical (unpaired) electrons. The van der Waals surface area contributed by atoms with Gasteiger partial charge in [-0.15, -0.1) is 0 Å². The van der Waals surface area contributed by atoms with Gasteiger partial charge in [0.2, 0.25) is 0 Å². The maximum absolute atomic E-state index is 10.9. The van der Waals surface area contributed by atoms with Crippen LogP contribution in [0.3, 0.4) is 0 Å². The molecule has 0 amide bonds. The van der Waals surface area contributed by atoms with E-state index in [1.54, 1.807) is 0 Å². The number of hydrogen-bond acceptors (Lipinski definition) is 3. The zero-order chi connectivity index (χ0) is 12.0. The zero-order valence-corrected chi connectivity index (χ0v) is 12.3. The molecule has 8 heteroatoms. The van der Waals surface area contributed by atoms with Gasteiger partial charge in [0.15, 0.2) is 0 Å². The molecule has 0 aliphatic carbocycles. The molecule has 1 heterocycles. The monoisotopic (exact) mass is 290 g/mol. The first-order chi connectivity index (χ1) is 7.63. The molecule has 1 rings (SSSR count). The summed E-state index contributed by atoms with van der Waals surface area (Å²) >= 11 is 0. The Bertz CT molecular complexity index is 320. The Morgan fingerprint density at radius 3 is 2.82 bits per heavy atom. The average molecular weight is 292 g/mol. The SMILES string of the molecule is [NH-]CC[C@@H](O)[N-]C(Cc1cnc[nH]1)C(=O)O.[Zn+2]. The number of carboxylic acids is 1. The van der Waals surface area contributed by atoms with Crippen LogP contribution in [0.15, 0.2) is 12.5 Å². The summed E-state index contributed by atoms with van der Waals surface area (Å²) in [5, 5.41) is 22.0. The van der Waals surface area contributed by atoms with E-state index in [4.69, 9.17) is 10.8 Å². The Hall–Kier alpha value is -0.817. The fraction of sp³-hybridized carbons (Fsp3) is 0.556. The number of H-pyrrole nitrogens is 1. The van der Waals surface area contributed by atoms with Crippen LogP contribution in [0.2, 0.25) is 0 Å². The number of aromatic nitrogens is 2. The van der Waals surface area contributed by atoms with Gasteiger partial charge in [-0.2, -0.15) is 6.54 Å². The number of rotatable bonds is 7. The molecular formula is C9H14N4O3Zn. The van der Waals surface area contributed by atoms with Crippen LogP contribution in [-0.2, 0) is 30.7 Å². The molecule has 0 saturated carbocycles. The second-order valence-corrected chi connectivity index (χ2v) is 3.30. The second kappa shape index (κ2) is 8.30. The third-order valence-electron chi connectivity index (χ3n) is 2.01. The van der Waals surface area contributed by atoms with Gasteiger partial charge in [-0.05, 0) is 18.7 Å². The standard InChI is InChI=1S/C9H14N4O3.Zn/c10-2-1-8(14)13-7(9(15)16)3-6-4-11-5-12-6;/h4-5,7-8,10,14H,1-3H2,(H,11,12)(H,15,16);/q-2;+2/t7?,8-;/m1./s1. The van der Waals surface area contributed by atoms with Crippen molar-refractivity contribution in [1.82, 2.24) is 9.97 Å². The van der Waals surface area contributed by atoms with Crippen LogP contribution < -0.4 is 0 Å². The molecule has 0 aliphatic heterocycles. The number of aromatic amines is 1. The number of hydrogen-bond donors (Lipinski definition) is 3. The van der Waals surface area contributed by atoms with Crippen LogP contribution >= 0.6 is 0 Å². The Kier molecular flexibility index (Phi) is 7.90. The fourth-order valence-corrected chi connectivity index (χ4v) is 1.22. The molecule has 2 atom stereocenters. The molecule has 90 valence electrons. The summed E-state index contributed by atoms with van der Waals surface area (Å²) in [6.07, 6.45) is 2.18. The van der Waals surface area contributed by atoms with E-state index >= 15 is 0 Å². The molecule has 0 aliphatic rings. The number of aliphatic carboxylic acids is 1. The molecule has 0 fully saturated rings. The molecule has 0 bridgehead atoms. The van der Waals surface area contributed by atoms with Crippen molar-refractivity contribution in [2.45, 2.75) is 25.1 Å². The maximum atomic E-state index is 10.9. The topological polar surface area (TPSA) is 124 Å². The van der Waals surface area contributed by atoms with Gasteiger partial charge in [0, 0.05) is 11.9 Å². The third kappa shape index (κ3) is 5.88. The Labute approximate surface area is 112 Å². The molecule has 1 aromatic rings. The molecule has 17 heavy (non-hydrogen) atoms. The third-order valence-corrected chi connectivity index (χ3v) is 2.01. The van der Waals surface area contributed by atoms with Crippen molar-refractivity contribution >= 4 is 5.97 Å². The number of carboxylic acid groups (broad SMARTS) is 1. The van der Waals surface area contributed by atoms with Crippen molar-refractivity contribution in [3.63, 3.8) is 0 Å². The van der Waals surface area contributed by atoms with E-state index in [-0.39, 0.29) is 38.9 Å². The van der Waals surface area contributed by atoms with E-state index in [0.717, 1.165) is 0 Å². The summed E-state index contributed by atoms with van der Waals surface area (Å²) in [4.78, 5) is 17.4. The van der Waals surface area contributed by atoms with E-state index in [1.807, 2.05) is 0 Å². The fourth-order valence-electron chi connectivity index (χ4n) is 1.22. The van der Waals surface area contributed by atoms with E-state index in [1.165, 1.54) is 12.5 Å². The van der Waals surface area contributed by atoms with Crippen LogP contribution in [0.25, 0.3) is 11.1 Å². The van der Waals surface area contributed by atoms with Gasteiger partial charge in [-0.3, -0.25) is 4.79 Å². The van der Waals surface area contributed by atoms with Gasteiger partial charge in [-0.25, -0.2) is 4.98 Å². The maximum Gasteiger partial charge on any atom is 2.00 e. The number of nitrogens with zero attached hydrogens (tertiary/aromatic N) is 2. The van der Waals surface area contributed by atoms with Gasteiger partial charge >= 0.3 is 19.5 Å². The summed E-state index contributed by atoms with van der Waals surface area (Å²) in [5.74, 6) is -1.10. The predicted octanol–water partition coefficient (Wildman–Crippen LogP) is 0.537. The first-order valence-electron chi connectivity index (χ1n) is 4.86. The summed E-state index contributed by atoms with van der Waals surface area (Å²) in [7, 11) is 0. The largest absolute Gasteiger partial charge is 2.00 e. The van der Waals surface area contributed by atoms with Crippen molar-refractivity contribution in [3.05, 3.63) is 29.3 Å². The molecule has 0 spiro atoms. The molecule has 1 unspecified atom stereocenters. The average Bonchev–Trinajstić information content (AvgIpc) is 2.69. The quantitative estimate of drug-likeness (QED) is 0.634. The van der Waals surface area contributed by atoms with Crippen LogP contribution in [-0.4, -0.2) is 45.0 Å². The van der Waals surface area contributed by atoms with Crippen molar-refractivity contribution in [2.75, 3.05) is 6.54 Å². The van der Waals surface area contributed by atoms with Gasteiger partial charge in [0.05, 0.1) is 6.33 Å². The normalized spacial score (nSPS) is 13.8. The van der Waals surface area contributed by atoms with Crippen LogP contribution in [0, 0.1) is 0 Å². The first kappa shape index (κ1) is 16.2. The number of aliphatic hydroxyl groups excluding tert-OH is 1. The van der Waals surface area contributed by atoms with Gasteiger partial charge < -0.3 is 26.2 Å². The van der Waals surface area contributed by atoms with Crippen LogP contribution in [0.4, 0.5) is 0 Å². The Morgan fingerprint density at radius 2 is 2.35 bits per heavy atom. The number of carbonyl (C=O) groups is 1. The van der Waals surface area contributed by atoms with Gasteiger partial charge in [0.25, 0.3) is 5.97 Å². The Morgan fingerprint density at radius 1 is 1.65 bits per heavy atom. The molecule has 0 aromatic carbocycles. The summed E-state index contributed by atoms with van der Waals surface area (Å²) < 4.78 is 0. The number of nitrogens with one attached hydrogen (secondary N) is 2. The molecule has 7 nitrogen and oxygen atoms in total. The van der Waals surface area contributed by atoms with Crippen molar-refractivity contribution in [2.24, 2.45) is 0 Å². The second-order valence-electron chi connectivity index (χ2n) is 3.30. The molecular weight excluding hydrogens is 278 g/mol. The van der Waals surface area contributed by atoms with E-state index in [9.17, 15) is 9.90 Å². The number of imidazole rings is 1. The van der Waals surface area contributed by atoms with E-state index in [2.05, 4.69) is 15.3 Å². The summed E-state index contributed by atoms with van der Waals surface area (Å²) in [6.45, 7) is 0.0149. The van der Waals surface area contributed by atoms with Gasteiger partial charge in [0.1, 0.15) is 0 Å². The van der Waals surface area contributed by atoms with E-state index in [0.29, 0.717) is 5.69 Å². The molecule has 4 N–H and O–H groups in total. The predicted molar refractivity (Wildman–Crippen MR) is 56.9 cm³/mol. The van der Waals surface area contributed by atoms with Crippen LogP contribution in [0.5, 0.6) is 0 Å². The first-order valence-corrected chi connectivity index (χ1v) is 4.86. The Balaban J connectivity index is 0.00000256. The molecule has 1 aromatic heterocycles. The smallest absolute Gasteiger partial charge is 0.677 e. The van der Waals surface area contributed by atoms with Crippen LogP contribution in [0.1, 0.15) is 12.1 Å². The van der Waals surface area contributed by atoms with Gasteiger partial charge in [-0.1, -0.05) is 6.42 Å². The summed E-state index contributed by atoms with van der Waals surface area (Å²) in [5.41, 5.74) is 7.54. The van der Waals surface area contributed by atoms with Crippen molar-refractivity contribution in [1.29, 1.82) is 0 Å². The molecule has 0 saturated heterocycles. The van der Waals surface area contributed by atoms with Crippen molar-refractivity contribution < 1.29 is 34.5 Å². The minimum absolute atomic E-state index is 0. The summed E-state index contributed by atoms with van der Waals surface area (Å²) in [6, 6.07) is -1.01. The zero-order valence-electron chi connectivity index (χ0n) is 9.33. The minimum Gasteiger partial charge on any atom is -0.677 e. The van der Waals surface area contributed by atoms with Crippen molar-refractivity contribution in [3.8, 4) is 0 Å². The number of aliphatic hydroxyl groups is 1. The minimum atomic E-state index is -1.10.